The van der Waals surface area contributed by atoms with E-state index in [1.54, 1.807) is 0 Å². The van der Waals surface area contributed by atoms with Crippen LogP contribution in [0.5, 0.6) is 0 Å². The van der Waals surface area contributed by atoms with E-state index in [0.717, 1.165) is 24.2 Å². The van der Waals surface area contributed by atoms with Gasteiger partial charge in [-0.1, -0.05) is 37.6 Å². The van der Waals surface area contributed by atoms with Gasteiger partial charge in [0.25, 0.3) is 0 Å². The first-order valence-corrected chi connectivity index (χ1v) is 6.80. The summed E-state index contributed by atoms with van der Waals surface area (Å²) in [5.41, 5.74) is 3.19. The third kappa shape index (κ3) is 2.81. The van der Waals surface area contributed by atoms with E-state index in [0.29, 0.717) is 18.4 Å². The summed E-state index contributed by atoms with van der Waals surface area (Å²) in [7, 11) is 0. The van der Waals surface area contributed by atoms with Crippen molar-refractivity contribution in [2.75, 3.05) is 19.6 Å². The molecule has 0 amide bonds. The second kappa shape index (κ2) is 5.23. The van der Waals surface area contributed by atoms with Crippen molar-refractivity contribution in [1.29, 1.82) is 0 Å². The number of Topliss-reactive ketones (excluding diaryl/α,β-unsaturated/α-hetero) is 1. The van der Waals surface area contributed by atoms with Gasteiger partial charge in [-0.3, -0.25) is 9.69 Å². The molecular formula is C16H23NO. The number of carbonyl (C=O) groups is 1. The molecular weight excluding hydrogens is 222 g/mol. The molecule has 1 aliphatic heterocycles. The van der Waals surface area contributed by atoms with Crippen molar-refractivity contribution in [2.24, 2.45) is 11.8 Å². The average molecular weight is 245 g/mol. The lowest BCUT2D eigenvalue weighted by molar-refractivity contribution is 0.0942. The number of nitrogens with zero attached hydrogens (tertiary/aromatic N) is 1. The number of hydrogen-bond donors (Lipinski definition) is 0. The number of rotatable bonds is 3. The molecule has 0 N–H and O–H groups in total. The lowest BCUT2D eigenvalue weighted by Gasteiger charge is -2.15. The minimum atomic E-state index is 0.258. The van der Waals surface area contributed by atoms with Gasteiger partial charge in [0.15, 0.2) is 5.78 Å². The van der Waals surface area contributed by atoms with Crippen molar-refractivity contribution in [2.45, 2.75) is 27.7 Å². The van der Waals surface area contributed by atoms with Crippen LogP contribution in [0.25, 0.3) is 0 Å². The maximum absolute atomic E-state index is 12.3. The number of hydrogen-bond acceptors (Lipinski definition) is 2. The Kier molecular flexibility index (Phi) is 3.86. The molecule has 1 heterocycles. The molecule has 1 saturated heterocycles. The highest BCUT2D eigenvalue weighted by Gasteiger charge is 2.27. The molecule has 2 atom stereocenters. The predicted molar refractivity (Wildman–Crippen MR) is 75.0 cm³/mol. The molecule has 2 unspecified atom stereocenters. The summed E-state index contributed by atoms with van der Waals surface area (Å²) in [6.45, 7) is 11.3. The van der Waals surface area contributed by atoms with Gasteiger partial charge in [-0.05, 0) is 31.2 Å². The fraction of sp³-hybridized carbons (Fsp3) is 0.562. The molecule has 1 aromatic carbocycles. The number of carbonyl (C=O) groups excluding carboxylic acids is 1. The SMILES string of the molecule is Cc1ccc(C(=O)CN2CC(C)C(C)C2)c(C)c1. The standard InChI is InChI=1S/C16H23NO/c1-11-5-6-15(12(2)7-11)16(18)10-17-8-13(3)14(4)9-17/h5-7,13-14H,8-10H2,1-4H3. The van der Waals surface area contributed by atoms with Gasteiger partial charge in [0.1, 0.15) is 0 Å². The summed E-state index contributed by atoms with van der Waals surface area (Å²) < 4.78 is 0. The Morgan fingerprint density at radius 2 is 1.83 bits per heavy atom. The number of aryl methyl sites for hydroxylation is 2. The fourth-order valence-corrected chi connectivity index (χ4v) is 2.79. The monoisotopic (exact) mass is 245 g/mol. The van der Waals surface area contributed by atoms with E-state index in [2.05, 4.69) is 31.7 Å². The van der Waals surface area contributed by atoms with Crippen LogP contribution < -0.4 is 0 Å². The van der Waals surface area contributed by atoms with Gasteiger partial charge < -0.3 is 0 Å². The quantitative estimate of drug-likeness (QED) is 0.763. The van der Waals surface area contributed by atoms with Gasteiger partial charge in [-0.15, -0.1) is 0 Å². The number of benzene rings is 1. The third-order valence-corrected chi connectivity index (χ3v) is 4.11. The number of likely N-dealkylation sites (tertiary alicyclic amines) is 1. The molecule has 0 radical (unpaired) electrons. The summed E-state index contributed by atoms with van der Waals surface area (Å²) >= 11 is 0. The second-order valence-electron chi connectivity index (χ2n) is 5.89. The Bertz CT molecular complexity index is 442. The average Bonchev–Trinajstić information content (AvgIpc) is 2.57. The minimum absolute atomic E-state index is 0.258. The van der Waals surface area contributed by atoms with Crippen LogP contribution in [0, 0.1) is 25.7 Å². The van der Waals surface area contributed by atoms with Gasteiger partial charge in [0, 0.05) is 18.7 Å². The third-order valence-electron chi connectivity index (χ3n) is 4.11. The van der Waals surface area contributed by atoms with Crippen LogP contribution in [-0.4, -0.2) is 30.3 Å². The summed E-state index contributed by atoms with van der Waals surface area (Å²) in [5.74, 6) is 1.67. The van der Waals surface area contributed by atoms with Gasteiger partial charge in [0.2, 0.25) is 0 Å². The summed E-state index contributed by atoms with van der Waals surface area (Å²) in [6.07, 6.45) is 0. The Hall–Kier alpha value is -1.15. The molecule has 0 bridgehead atoms. The lowest BCUT2D eigenvalue weighted by atomic mass is 10.0. The van der Waals surface area contributed by atoms with Crippen molar-refractivity contribution in [3.63, 3.8) is 0 Å². The van der Waals surface area contributed by atoms with Gasteiger partial charge >= 0.3 is 0 Å². The van der Waals surface area contributed by atoms with Crippen LogP contribution in [0.3, 0.4) is 0 Å². The molecule has 1 aliphatic rings. The van der Waals surface area contributed by atoms with Crippen molar-refractivity contribution in [3.8, 4) is 0 Å². The van der Waals surface area contributed by atoms with Crippen molar-refractivity contribution >= 4 is 5.78 Å². The zero-order valence-electron chi connectivity index (χ0n) is 11.9. The van der Waals surface area contributed by atoms with E-state index in [9.17, 15) is 4.79 Å². The summed E-state index contributed by atoms with van der Waals surface area (Å²) in [5, 5.41) is 0. The molecule has 0 aromatic heterocycles. The van der Waals surface area contributed by atoms with E-state index in [-0.39, 0.29) is 5.78 Å². The first-order valence-electron chi connectivity index (χ1n) is 6.80. The van der Waals surface area contributed by atoms with Crippen LogP contribution >= 0.6 is 0 Å². The van der Waals surface area contributed by atoms with Crippen molar-refractivity contribution in [3.05, 3.63) is 34.9 Å². The van der Waals surface area contributed by atoms with Gasteiger partial charge in [-0.25, -0.2) is 0 Å². The maximum atomic E-state index is 12.3. The second-order valence-corrected chi connectivity index (χ2v) is 5.89. The highest BCUT2D eigenvalue weighted by molar-refractivity contribution is 5.99. The van der Waals surface area contributed by atoms with Crippen LogP contribution in [0.4, 0.5) is 0 Å². The molecule has 2 rings (SSSR count). The van der Waals surface area contributed by atoms with Crippen LogP contribution in [-0.2, 0) is 0 Å². The minimum Gasteiger partial charge on any atom is -0.295 e. The topological polar surface area (TPSA) is 20.3 Å². The largest absolute Gasteiger partial charge is 0.295 e. The van der Waals surface area contributed by atoms with Gasteiger partial charge in [0.05, 0.1) is 6.54 Å². The smallest absolute Gasteiger partial charge is 0.177 e. The van der Waals surface area contributed by atoms with Crippen LogP contribution in [0.2, 0.25) is 0 Å². The molecule has 1 aromatic rings. The first kappa shape index (κ1) is 13.3. The van der Waals surface area contributed by atoms with E-state index in [4.69, 9.17) is 0 Å². The molecule has 0 aliphatic carbocycles. The van der Waals surface area contributed by atoms with Gasteiger partial charge in [-0.2, -0.15) is 0 Å². The zero-order valence-corrected chi connectivity index (χ0v) is 11.9. The normalized spacial score (nSPS) is 24.4. The summed E-state index contributed by atoms with van der Waals surface area (Å²) in [4.78, 5) is 14.6. The Morgan fingerprint density at radius 3 is 2.39 bits per heavy atom. The molecule has 2 nitrogen and oxygen atoms in total. The first-order chi connectivity index (χ1) is 8.47. The van der Waals surface area contributed by atoms with E-state index >= 15 is 0 Å². The molecule has 2 heteroatoms. The van der Waals surface area contributed by atoms with Crippen molar-refractivity contribution < 1.29 is 4.79 Å². The molecule has 1 fully saturated rings. The lowest BCUT2D eigenvalue weighted by Crippen LogP contribution is -2.28. The highest BCUT2D eigenvalue weighted by atomic mass is 16.1. The molecule has 98 valence electrons. The molecule has 18 heavy (non-hydrogen) atoms. The van der Waals surface area contributed by atoms with E-state index < -0.39 is 0 Å². The predicted octanol–water partition coefficient (Wildman–Crippen LogP) is 3.07. The van der Waals surface area contributed by atoms with E-state index in [1.165, 1.54) is 5.56 Å². The zero-order chi connectivity index (χ0) is 13.3. The fourth-order valence-electron chi connectivity index (χ4n) is 2.79. The Morgan fingerprint density at radius 1 is 1.22 bits per heavy atom. The van der Waals surface area contributed by atoms with E-state index in [1.807, 2.05) is 19.1 Å². The van der Waals surface area contributed by atoms with Crippen LogP contribution in [0.15, 0.2) is 18.2 Å². The molecule has 0 spiro atoms. The Balaban J connectivity index is 2.04. The molecule has 0 saturated carbocycles. The van der Waals surface area contributed by atoms with Crippen LogP contribution in [0.1, 0.15) is 35.3 Å². The highest BCUT2D eigenvalue weighted by Crippen LogP contribution is 2.22. The number of ketones is 1. The maximum Gasteiger partial charge on any atom is 0.177 e. The summed E-state index contributed by atoms with van der Waals surface area (Å²) in [6, 6.07) is 6.08. The van der Waals surface area contributed by atoms with Crippen molar-refractivity contribution in [1.82, 2.24) is 4.90 Å². The Labute approximate surface area is 110 Å².